The molecule has 0 amide bonds. The second kappa shape index (κ2) is 6.01. The van der Waals surface area contributed by atoms with Crippen LogP contribution >= 0.6 is 11.6 Å². The Morgan fingerprint density at radius 2 is 1.78 bits per heavy atom. The average Bonchev–Trinajstić information content (AvgIpc) is 2.57. The van der Waals surface area contributed by atoms with E-state index in [1.165, 1.54) is 18.2 Å². The Morgan fingerprint density at radius 3 is 2.48 bits per heavy atom. The van der Waals surface area contributed by atoms with Crippen LogP contribution in [0.3, 0.4) is 0 Å². The van der Waals surface area contributed by atoms with Gasteiger partial charge in [-0.05, 0) is 35.9 Å². The average molecular weight is 325 g/mol. The fraction of sp³-hybridized carbons (Fsp3) is 0. The molecule has 2 aromatic rings. The van der Waals surface area contributed by atoms with Gasteiger partial charge in [0.2, 0.25) is 0 Å². The number of rotatable bonds is 2. The molecule has 112 valence electrons. The molecule has 2 aromatic carbocycles. The standard InChI is InChI=1S/C17H9ClN2O3/c18-11-5-7-12(8-6-11)23-17(22)14-9-10-3-1-2-4-13(10)16(21)15(14)20-19/h1-9H. The van der Waals surface area contributed by atoms with Gasteiger partial charge < -0.3 is 10.3 Å². The third-order valence-electron chi connectivity index (χ3n) is 3.32. The zero-order chi connectivity index (χ0) is 16.4. The van der Waals surface area contributed by atoms with Crippen LogP contribution in [0.15, 0.2) is 54.1 Å². The molecule has 0 saturated heterocycles. The second-order valence-electron chi connectivity index (χ2n) is 4.77. The summed E-state index contributed by atoms with van der Waals surface area (Å²) in [6, 6.07) is 12.9. The molecular formula is C17H9ClN2O3. The number of fused-ring (bicyclic) bond motifs is 1. The van der Waals surface area contributed by atoms with Crippen LogP contribution in [-0.2, 0) is 4.79 Å². The summed E-state index contributed by atoms with van der Waals surface area (Å²) < 4.78 is 5.19. The van der Waals surface area contributed by atoms with Crippen LogP contribution in [0, 0.1) is 0 Å². The van der Waals surface area contributed by atoms with Crippen molar-refractivity contribution in [1.29, 1.82) is 0 Å². The summed E-state index contributed by atoms with van der Waals surface area (Å²) in [6.07, 6.45) is 1.46. The molecule has 1 aliphatic carbocycles. The van der Waals surface area contributed by atoms with Crippen molar-refractivity contribution in [3.8, 4) is 5.75 Å². The summed E-state index contributed by atoms with van der Waals surface area (Å²) >= 11 is 5.77. The predicted octanol–water partition coefficient (Wildman–Crippen LogP) is 3.20. The molecule has 3 rings (SSSR count). The van der Waals surface area contributed by atoms with Crippen LogP contribution in [0.5, 0.6) is 5.75 Å². The highest BCUT2D eigenvalue weighted by Gasteiger charge is 2.37. The van der Waals surface area contributed by atoms with Crippen LogP contribution in [0.1, 0.15) is 15.9 Å². The van der Waals surface area contributed by atoms with Crippen LogP contribution in [0.4, 0.5) is 0 Å². The van der Waals surface area contributed by atoms with Gasteiger partial charge >= 0.3 is 11.7 Å². The van der Waals surface area contributed by atoms with E-state index in [9.17, 15) is 9.59 Å². The SMILES string of the molecule is [N-]=[N+]=C1C(=O)c2ccccc2C=C1C(=O)Oc1ccc(Cl)cc1. The summed E-state index contributed by atoms with van der Waals surface area (Å²) in [5, 5.41) is 0.503. The fourth-order valence-electron chi connectivity index (χ4n) is 2.22. The molecule has 0 atom stereocenters. The number of hydrogen-bond acceptors (Lipinski definition) is 3. The molecule has 0 heterocycles. The number of halogens is 1. The molecule has 0 aliphatic heterocycles. The van der Waals surface area contributed by atoms with Crippen molar-refractivity contribution in [2.45, 2.75) is 0 Å². The molecule has 23 heavy (non-hydrogen) atoms. The molecule has 0 bridgehead atoms. The Labute approximate surface area is 136 Å². The van der Waals surface area contributed by atoms with Crippen molar-refractivity contribution in [3.63, 3.8) is 0 Å². The molecule has 0 radical (unpaired) electrons. The lowest BCUT2D eigenvalue weighted by atomic mass is 9.89. The quantitative estimate of drug-likeness (QED) is 0.368. The van der Waals surface area contributed by atoms with Gasteiger partial charge in [-0.2, -0.15) is 4.79 Å². The fourth-order valence-corrected chi connectivity index (χ4v) is 2.35. The van der Waals surface area contributed by atoms with Crippen LogP contribution in [0.25, 0.3) is 11.6 Å². The van der Waals surface area contributed by atoms with E-state index in [0.29, 0.717) is 16.1 Å². The van der Waals surface area contributed by atoms with Gasteiger partial charge in [0, 0.05) is 10.6 Å². The minimum absolute atomic E-state index is 0.105. The Hall–Kier alpha value is -3.01. The van der Waals surface area contributed by atoms with Gasteiger partial charge in [0.15, 0.2) is 5.57 Å². The summed E-state index contributed by atoms with van der Waals surface area (Å²) in [5.41, 5.74) is 9.59. The summed E-state index contributed by atoms with van der Waals surface area (Å²) in [7, 11) is 0. The number of Topliss-reactive ketones (excluding diaryl/α,β-unsaturated/α-hetero) is 1. The van der Waals surface area contributed by atoms with E-state index in [-0.39, 0.29) is 17.0 Å². The van der Waals surface area contributed by atoms with E-state index < -0.39 is 11.8 Å². The van der Waals surface area contributed by atoms with Gasteiger partial charge in [-0.15, -0.1) is 0 Å². The van der Waals surface area contributed by atoms with E-state index in [4.69, 9.17) is 21.9 Å². The van der Waals surface area contributed by atoms with E-state index in [2.05, 4.69) is 4.79 Å². The Kier molecular flexibility index (Phi) is 3.89. The van der Waals surface area contributed by atoms with Crippen molar-refractivity contribution in [2.24, 2.45) is 0 Å². The lowest BCUT2D eigenvalue weighted by Crippen LogP contribution is -2.29. The summed E-state index contributed by atoms with van der Waals surface area (Å²) in [6.45, 7) is 0. The second-order valence-corrected chi connectivity index (χ2v) is 5.20. The smallest absolute Gasteiger partial charge is 0.377 e. The van der Waals surface area contributed by atoms with E-state index >= 15 is 0 Å². The van der Waals surface area contributed by atoms with E-state index in [1.807, 2.05) is 0 Å². The molecule has 1 aliphatic rings. The van der Waals surface area contributed by atoms with Gasteiger partial charge in [-0.3, -0.25) is 4.79 Å². The topological polar surface area (TPSA) is 79.8 Å². The largest absolute Gasteiger partial charge is 0.423 e. The monoisotopic (exact) mass is 324 g/mol. The van der Waals surface area contributed by atoms with Crippen molar-refractivity contribution in [1.82, 2.24) is 0 Å². The van der Waals surface area contributed by atoms with E-state index in [0.717, 1.165) is 0 Å². The molecule has 0 spiro atoms. The number of carbonyl (C=O) groups is 2. The molecule has 0 saturated carbocycles. The van der Waals surface area contributed by atoms with Gasteiger partial charge in [0.05, 0.1) is 0 Å². The van der Waals surface area contributed by atoms with Gasteiger partial charge in [-0.1, -0.05) is 35.9 Å². The normalized spacial score (nSPS) is 13.0. The molecule has 0 N–H and O–H groups in total. The van der Waals surface area contributed by atoms with Crippen LogP contribution in [0.2, 0.25) is 5.02 Å². The number of hydrogen-bond donors (Lipinski definition) is 0. The minimum Gasteiger partial charge on any atom is -0.423 e. The number of carbonyl (C=O) groups excluding carboxylic acids is 2. The number of ketones is 1. The first-order valence-corrected chi connectivity index (χ1v) is 7.03. The van der Waals surface area contributed by atoms with Crippen LogP contribution in [-0.4, -0.2) is 22.3 Å². The van der Waals surface area contributed by atoms with Crippen molar-refractivity contribution >= 4 is 35.1 Å². The summed E-state index contributed by atoms with van der Waals surface area (Å²) in [5.74, 6) is -1.06. The molecule has 6 heteroatoms. The molecule has 0 aromatic heterocycles. The maximum Gasteiger partial charge on any atom is 0.377 e. The number of nitrogens with zero attached hydrogens (tertiary/aromatic N) is 2. The Balaban J connectivity index is 1.99. The maximum absolute atomic E-state index is 12.3. The van der Waals surface area contributed by atoms with Gasteiger partial charge in [0.1, 0.15) is 5.75 Å². The number of ether oxygens (including phenoxy) is 1. The zero-order valence-corrected chi connectivity index (χ0v) is 12.4. The van der Waals surface area contributed by atoms with Crippen LogP contribution < -0.4 is 4.74 Å². The molecule has 0 fully saturated rings. The van der Waals surface area contributed by atoms with Crippen molar-refractivity contribution in [2.75, 3.05) is 0 Å². The molecule has 0 unspecified atom stereocenters. The van der Waals surface area contributed by atoms with Gasteiger partial charge in [-0.25, -0.2) is 4.79 Å². The molecule has 5 nitrogen and oxygen atoms in total. The Bertz CT molecular complexity index is 894. The van der Waals surface area contributed by atoms with Crippen molar-refractivity contribution < 1.29 is 19.1 Å². The third-order valence-corrected chi connectivity index (χ3v) is 3.57. The minimum atomic E-state index is -0.789. The highest BCUT2D eigenvalue weighted by Crippen LogP contribution is 2.23. The van der Waals surface area contributed by atoms with Gasteiger partial charge in [0.25, 0.3) is 5.78 Å². The van der Waals surface area contributed by atoms with E-state index in [1.54, 1.807) is 36.4 Å². The first kappa shape index (κ1) is 14.9. The lowest BCUT2D eigenvalue weighted by molar-refractivity contribution is -0.129. The lowest BCUT2D eigenvalue weighted by Gasteiger charge is -2.11. The predicted molar refractivity (Wildman–Crippen MR) is 84.5 cm³/mol. The zero-order valence-electron chi connectivity index (χ0n) is 11.7. The molecular weight excluding hydrogens is 316 g/mol. The number of esters is 1. The first-order chi connectivity index (χ1) is 11.1. The highest BCUT2D eigenvalue weighted by atomic mass is 35.5. The first-order valence-electron chi connectivity index (χ1n) is 6.66. The maximum atomic E-state index is 12.3. The summed E-state index contributed by atoms with van der Waals surface area (Å²) in [4.78, 5) is 27.6. The Morgan fingerprint density at radius 1 is 1.09 bits per heavy atom. The van der Waals surface area contributed by atoms with Crippen molar-refractivity contribution in [3.05, 3.63) is 75.8 Å². The highest BCUT2D eigenvalue weighted by molar-refractivity contribution is 6.56. The third kappa shape index (κ3) is 2.83. The number of benzene rings is 2.